The minimum absolute atomic E-state index is 0.483. The summed E-state index contributed by atoms with van der Waals surface area (Å²) in [6.45, 7) is 0. The van der Waals surface area contributed by atoms with Crippen LogP contribution in [0.15, 0.2) is 33.5 Å². The van der Waals surface area contributed by atoms with Crippen molar-refractivity contribution in [2.24, 2.45) is 5.73 Å². The molecule has 76 valence electrons. The number of nitrogens with two attached hydrogens (primary N) is 1. The van der Waals surface area contributed by atoms with Crippen molar-refractivity contribution in [2.45, 2.75) is 0 Å². The zero-order valence-corrected chi connectivity index (χ0v) is 7.69. The number of carbonyl (C=O) groups excluding carboxylic acids is 1. The van der Waals surface area contributed by atoms with E-state index < -0.39 is 11.7 Å². The second-order valence-electron chi connectivity index (χ2n) is 3.01. The molecular formula is C10H8N2O3. The Bertz CT molecular complexity index is 592. The first-order valence-electron chi connectivity index (χ1n) is 4.25. The van der Waals surface area contributed by atoms with E-state index in [1.165, 1.54) is 6.08 Å². The molecule has 3 N–H and O–H groups in total. The predicted molar refractivity (Wildman–Crippen MR) is 55.1 cm³/mol. The number of primary amides is 1. The highest BCUT2D eigenvalue weighted by molar-refractivity contribution is 5.90. The molecule has 0 spiro atoms. The molecule has 2 rings (SSSR count). The second-order valence-corrected chi connectivity index (χ2v) is 3.01. The van der Waals surface area contributed by atoms with Crippen molar-refractivity contribution in [3.63, 3.8) is 0 Å². The Balaban J connectivity index is 2.46. The summed E-state index contributed by atoms with van der Waals surface area (Å²) in [7, 11) is 0. The van der Waals surface area contributed by atoms with Crippen LogP contribution in [0, 0.1) is 0 Å². The monoisotopic (exact) mass is 204 g/mol. The van der Waals surface area contributed by atoms with E-state index >= 15 is 0 Å². The molecule has 0 radical (unpaired) electrons. The molecule has 0 saturated carbocycles. The van der Waals surface area contributed by atoms with Gasteiger partial charge < -0.3 is 10.2 Å². The molecule has 5 heteroatoms. The van der Waals surface area contributed by atoms with E-state index in [0.717, 1.165) is 5.56 Å². The number of carbonyl (C=O) groups is 1. The molecule has 0 aliphatic carbocycles. The predicted octanol–water partition coefficient (Wildman–Crippen LogP) is 0.620. The molecule has 0 aliphatic rings. The Morgan fingerprint density at radius 3 is 3.00 bits per heavy atom. The summed E-state index contributed by atoms with van der Waals surface area (Å²) in [5.74, 6) is -1.02. The zero-order valence-electron chi connectivity index (χ0n) is 7.69. The summed E-state index contributed by atoms with van der Waals surface area (Å²) >= 11 is 0. The van der Waals surface area contributed by atoms with Gasteiger partial charge in [0.2, 0.25) is 5.91 Å². The highest BCUT2D eigenvalue weighted by Gasteiger charge is 1.99. The molecule has 0 saturated heterocycles. The van der Waals surface area contributed by atoms with Gasteiger partial charge in [-0.25, -0.2) is 4.79 Å². The highest BCUT2D eigenvalue weighted by Crippen LogP contribution is 2.12. The van der Waals surface area contributed by atoms with E-state index in [1.807, 2.05) is 0 Å². The van der Waals surface area contributed by atoms with E-state index in [-0.39, 0.29) is 0 Å². The second kappa shape index (κ2) is 3.45. The van der Waals surface area contributed by atoms with Gasteiger partial charge in [-0.1, -0.05) is 6.07 Å². The maximum atomic E-state index is 10.9. The van der Waals surface area contributed by atoms with Crippen LogP contribution in [0.25, 0.3) is 17.2 Å². The average Bonchev–Trinajstić information content (AvgIpc) is 2.53. The van der Waals surface area contributed by atoms with Crippen molar-refractivity contribution in [3.8, 4) is 0 Å². The Morgan fingerprint density at radius 1 is 1.47 bits per heavy atom. The first kappa shape index (κ1) is 9.26. The Hall–Kier alpha value is -2.30. The lowest BCUT2D eigenvalue weighted by molar-refractivity contribution is -0.113. The van der Waals surface area contributed by atoms with Gasteiger partial charge in [0.05, 0.1) is 5.52 Å². The SMILES string of the molecule is NC(=O)C=Cc1ccc2oc(=O)[nH]c2c1. The molecule has 0 bridgehead atoms. The maximum Gasteiger partial charge on any atom is 0.417 e. The fraction of sp³-hybridized carbons (Fsp3) is 0. The largest absolute Gasteiger partial charge is 0.417 e. The van der Waals surface area contributed by atoms with E-state index in [2.05, 4.69) is 4.98 Å². The number of nitrogens with one attached hydrogen (secondary N) is 1. The molecule has 0 fully saturated rings. The molecule has 5 nitrogen and oxygen atoms in total. The van der Waals surface area contributed by atoms with Crippen LogP contribution in [0.2, 0.25) is 0 Å². The van der Waals surface area contributed by atoms with Gasteiger partial charge in [0, 0.05) is 6.08 Å². The molecule has 15 heavy (non-hydrogen) atoms. The van der Waals surface area contributed by atoms with Crippen molar-refractivity contribution < 1.29 is 9.21 Å². The van der Waals surface area contributed by atoms with Crippen LogP contribution < -0.4 is 11.5 Å². The average molecular weight is 204 g/mol. The quantitative estimate of drug-likeness (QED) is 0.702. The topological polar surface area (TPSA) is 89.1 Å². The molecule has 1 aromatic carbocycles. The molecule has 0 atom stereocenters. The number of hydrogen-bond acceptors (Lipinski definition) is 3. The first-order chi connectivity index (χ1) is 7.15. The lowest BCUT2D eigenvalue weighted by atomic mass is 10.2. The van der Waals surface area contributed by atoms with Crippen LogP contribution in [0.4, 0.5) is 0 Å². The summed E-state index contributed by atoms with van der Waals surface area (Å²) in [6, 6.07) is 5.06. The summed E-state index contributed by atoms with van der Waals surface area (Å²) in [5, 5.41) is 0. The standard InChI is InChI=1S/C10H8N2O3/c11-9(13)4-2-6-1-3-8-7(5-6)12-10(14)15-8/h1-5H,(H2,11,13)(H,12,14). The molecule has 1 heterocycles. The summed E-state index contributed by atoms with van der Waals surface area (Å²) in [5.41, 5.74) is 6.79. The van der Waals surface area contributed by atoms with Crippen LogP contribution in [-0.4, -0.2) is 10.9 Å². The number of rotatable bonds is 2. The third-order valence-electron chi connectivity index (χ3n) is 1.88. The van der Waals surface area contributed by atoms with Crippen LogP contribution in [0.3, 0.4) is 0 Å². The van der Waals surface area contributed by atoms with Gasteiger partial charge in [0.25, 0.3) is 0 Å². The van der Waals surface area contributed by atoms with Gasteiger partial charge in [0.15, 0.2) is 5.58 Å². The number of fused-ring (bicyclic) bond motifs is 1. The fourth-order valence-corrected chi connectivity index (χ4v) is 1.25. The smallest absolute Gasteiger partial charge is 0.408 e. The van der Waals surface area contributed by atoms with Crippen LogP contribution in [0.1, 0.15) is 5.56 Å². The van der Waals surface area contributed by atoms with E-state index in [9.17, 15) is 9.59 Å². The summed E-state index contributed by atoms with van der Waals surface area (Å²) < 4.78 is 4.82. The first-order valence-corrected chi connectivity index (χ1v) is 4.25. The number of hydrogen-bond donors (Lipinski definition) is 2. The van der Waals surface area contributed by atoms with Gasteiger partial charge in [-0.3, -0.25) is 9.78 Å². The van der Waals surface area contributed by atoms with Gasteiger partial charge >= 0.3 is 5.76 Å². The third-order valence-corrected chi connectivity index (χ3v) is 1.88. The molecule has 0 aliphatic heterocycles. The maximum absolute atomic E-state index is 10.9. The number of aromatic nitrogens is 1. The van der Waals surface area contributed by atoms with Crippen LogP contribution in [-0.2, 0) is 4.79 Å². The van der Waals surface area contributed by atoms with Gasteiger partial charge in [-0.05, 0) is 23.8 Å². The molecular weight excluding hydrogens is 196 g/mol. The lowest BCUT2D eigenvalue weighted by Gasteiger charge is -1.91. The molecule has 1 amide bonds. The van der Waals surface area contributed by atoms with E-state index in [4.69, 9.17) is 10.2 Å². The van der Waals surface area contributed by atoms with Crippen molar-refractivity contribution in [2.75, 3.05) is 0 Å². The Kier molecular flexibility index (Phi) is 2.13. The fourth-order valence-electron chi connectivity index (χ4n) is 1.25. The van der Waals surface area contributed by atoms with Crippen LogP contribution >= 0.6 is 0 Å². The minimum atomic E-state index is -0.518. The van der Waals surface area contributed by atoms with Gasteiger partial charge in [-0.2, -0.15) is 0 Å². The molecule has 2 aromatic rings. The van der Waals surface area contributed by atoms with Crippen molar-refractivity contribution in [1.82, 2.24) is 4.98 Å². The number of benzene rings is 1. The Morgan fingerprint density at radius 2 is 2.27 bits per heavy atom. The van der Waals surface area contributed by atoms with Crippen molar-refractivity contribution >= 4 is 23.1 Å². The zero-order chi connectivity index (χ0) is 10.8. The summed E-state index contributed by atoms with van der Waals surface area (Å²) in [4.78, 5) is 23.9. The number of aromatic amines is 1. The Labute approximate surface area is 84.2 Å². The van der Waals surface area contributed by atoms with Crippen LogP contribution in [0.5, 0.6) is 0 Å². The van der Waals surface area contributed by atoms with E-state index in [1.54, 1.807) is 24.3 Å². The number of oxazole rings is 1. The van der Waals surface area contributed by atoms with Gasteiger partial charge in [-0.15, -0.1) is 0 Å². The third kappa shape index (κ3) is 1.96. The van der Waals surface area contributed by atoms with Crippen molar-refractivity contribution in [1.29, 1.82) is 0 Å². The molecule has 1 aromatic heterocycles. The summed E-state index contributed by atoms with van der Waals surface area (Å²) in [6.07, 6.45) is 2.81. The number of amides is 1. The number of H-pyrrole nitrogens is 1. The minimum Gasteiger partial charge on any atom is -0.408 e. The van der Waals surface area contributed by atoms with Gasteiger partial charge in [0.1, 0.15) is 0 Å². The molecule has 0 unspecified atom stereocenters. The lowest BCUT2D eigenvalue weighted by Crippen LogP contribution is -2.05. The van der Waals surface area contributed by atoms with E-state index in [0.29, 0.717) is 11.1 Å². The van der Waals surface area contributed by atoms with Crippen molar-refractivity contribution in [3.05, 3.63) is 40.4 Å². The normalized spacial score (nSPS) is 11.2. The highest BCUT2D eigenvalue weighted by atomic mass is 16.4.